The number of rotatable bonds is 6. The first-order valence-corrected chi connectivity index (χ1v) is 11.9. The number of amides is 1. The molecule has 1 saturated heterocycles. The monoisotopic (exact) mass is 459 g/mol. The molecule has 0 aromatic heterocycles. The van der Waals surface area contributed by atoms with Crippen molar-refractivity contribution in [2.24, 2.45) is 5.92 Å². The van der Waals surface area contributed by atoms with Crippen molar-refractivity contribution in [2.45, 2.75) is 18.9 Å². The molecule has 2 aliphatic rings. The van der Waals surface area contributed by atoms with Gasteiger partial charge in [-0.05, 0) is 42.2 Å². The van der Waals surface area contributed by atoms with E-state index in [4.69, 9.17) is 4.74 Å². The second-order valence-corrected chi connectivity index (χ2v) is 8.99. The molecular weight excluding hydrogens is 429 g/mol. The van der Waals surface area contributed by atoms with E-state index in [1.807, 2.05) is 36.4 Å². The predicted molar refractivity (Wildman–Crippen MR) is 133 cm³/mol. The summed E-state index contributed by atoms with van der Waals surface area (Å²) in [6, 6.07) is 23.1. The number of nitrogens with one attached hydrogen (secondary N) is 1. The van der Waals surface area contributed by atoms with E-state index >= 15 is 0 Å². The van der Waals surface area contributed by atoms with E-state index in [0.717, 1.165) is 23.4 Å². The molecule has 5 nitrogen and oxygen atoms in total. The highest BCUT2D eigenvalue weighted by atomic mass is 19.1. The number of benzene rings is 3. The van der Waals surface area contributed by atoms with Crippen LogP contribution in [0.1, 0.15) is 11.1 Å². The molecule has 0 aliphatic carbocycles. The fraction of sp³-hybridized carbons (Fsp3) is 0.321. The highest BCUT2D eigenvalue weighted by Crippen LogP contribution is 2.39. The molecule has 34 heavy (non-hydrogen) atoms. The molecule has 1 N–H and O–H groups in total. The molecule has 0 radical (unpaired) electrons. The van der Waals surface area contributed by atoms with Gasteiger partial charge in [-0.2, -0.15) is 0 Å². The summed E-state index contributed by atoms with van der Waals surface area (Å²) in [5.41, 5.74) is 4.07. The summed E-state index contributed by atoms with van der Waals surface area (Å²) in [5, 5.41) is 3.17. The van der Waals surface area contributed by atoms with Crippen molar-refractivity contribution in [1.82, 2.24) is 5.32 Å². The zero-order chi connectivity index (χ0) is 23.5. The van der Waals surface area contributed by atoms with E-state index in [1.54, 1.807) is 13.2 Å². The molecule has 2 atom stereocenters. The Balaban J connectivity index is 1.38. The van der Waals surface area contributed by atoms with Crippen LogP contribution in [0.4, 0.5) is 15.8 Å². The Hall–Kier alpha value is -3.54. The fourth-order valence-corrected chi connectivity index (χ4v) is 5.24. The third-order valence-corrected chi connectivity index (χ3v) is 7.01. The van der Waals surface area contributed by atoms with Gasteiger partial charge in [-0.25, -0.2) is 4.39 Å². The molecule has 6 heteroatoms. The minimum absolute atomic E-state index is 0.0512. The Morgan fingerprint density at radius 2 is 1.82 bits per heavy atom. The van der Waals surface area contributed by atoms with Gasteiger partial charge in [0.25, 0.3) is 0 Å². The van der Waals surface area contributed by atoms with Gasteiger partial charge in [0.15, 0.2) is 0 Å². The number of para-hydroxylation sites is 1. The molecular formula is C28H30FN3O2. The third-order valence-electron chi connectivity index (χ3n) is 7.01. The Labute approximate surface area is 200 Å². The Morgan fingerprint density at radius 3 is 2.62 bits per heavy atom. The lowest BCUT2D eigenvalue weighted by molar-refractivity contribution is -0.125. The van der Waals surface area contributed by atoms with Crippen LogP contribution >= 0.6 is 0 Å². The van der Waals surface area contributed by atoms with Crippen LogP contribution in [0.2, 0.25) is 0 Å². The first-order chi connectivity index (χ1) is 16.6. The maximum atomic E-state index is 14.6. The highest BCUT2D eigenvalue weighted by molar-refractivity contribution is 5.82. The minimum Gasteiger partial charge on any atom is -0.497 e. The summed E-state index contributed by atoms with van der Waals surface area (Å²) >= 11 is 0. The van der Waals surface area contributed by atoms with Crippen LogP contribution in [0.5, 0.6) is 5.75 Å². The normalized spacial score (nSPS) is 19.2. The van der Waals surface area contributed by atoms with Gasteiger partial charge < -0.3 is 19.9 Å². The predicted octanol–water partition coefficient (Wildman–Crippen LogP) is 4.06. The van der Waals surface area contributed by atoms with Crippen molar-refractivity contribution in [3.05, 3.63) is 89.7 Å². The molecule has 0 unspecified atom stereocenters. The number of methoxy groups -OCH3 is 1. The SMILES string of the molecule is COc1ccc2c(c1)N1CCN(c3ccccc3F)C[C@H]1[C@H](C(=O)NCCc1ccccc1)C2. The summed E-state index contributed by atoms with van der Waals surface area (Å²) < 4.78 is 20.0. The van der Waals surface area contributed by atoms with Crippen LogP contribution in [0, 0.1) is 11.7 Å². The summed E-state index contributed by atoms with van der Waals surface area (Å²) in [7, 11) is 1.67. The molecule has 0 saturated carbocycles. The van der Waals surface area contributed by atoms with E-state index in [0.29, 0.717) is 38.3 Å². The second-order valence-electron chi connectivity index (χ2n) is 8.99. The Bertz CT molecular complexity index is 1150. The molecule has 2 aliphatic heterocycles. The van der Waals surface area contributed by atoms with E-state index in [9.17, 15) is 9.18 Å². The van der Waals surface area contributed by atoms with Gasteiger partial charge in [0.2, 0.25) is 5.91 Å². The number of carbonyl (C=O) groups is 1. The van der Waals surface area contributed by atoms with Gasteiger partial charge in [0.05, 0.1) is 24.8 Å². The van der Waals surface area contributed by atoms with Crippen molar-refractivity contribution in [2.75, 3.05) is 43.1 Å². The van der Waals surface area contributed by atoms with Crippen LogP contribution < -0.4 is 19.9 Å². The fourth-order valence-electron chi connectivity index (χ4n) is 5.24. The number of nitrogens with zero attached hydrogens (tertiary/aromatic N) is 2. The lowest BCUT2D eigenvalue weighted by Crippen LogP contribution is -2.61. The smallest absolute Gasteiger partial charge is 0.225 e. The maximum absolute atomic E-state index is 14.6. The van der Waals surface area contributed by atoms with Gasteiger partial charge in [0.1, 0.15) is 11.6 Å². The molecule has 1 amide bonds. The van der Waals surface area contributed by atoms with Crippen molar-refractivity contribution >= 4 is 17.3 Å². The molecule has 2 heterocycles. The highest BCUT2D eigenvalue weighted by Gasteiger charge is 2.42. The van der Waals surface area contributed by atoms with Crippen LogP contribution in [0.3, 0.4) is 0 Å². The molecule has 3 aromatic rings. The molecule has 5 rings (SSSR count). The van der Waals surface area contributed by atoms with Crippen LogP contribution in [-0.2, 0) is 17.6 Å². The van der Waals surface area contributed by atoms with Gasteiger partial charge in [-0.15, -0.1) is 0 Å². The number of anilines is 2. The molecule has 3 aromatic carbocycles. The summed E-state index contributed by atoms with van der Waals surface area (Å²) in [4.78, 5) is 17.8. The summed E-state index contributed by atoms with van der Waals surface area (Å²) in [6.07, 6.45) is 1.45. The van der Waals surface area contributed by atoms with Crippen molar-refractivity contribution in [1.29, 1.82) is 0 Å². The average molecular weight is 460 g/mol. The Morgan fingerprint density at radius 1 is 1.03 bits per heavy atom. The largest absolute Gasteiger partial charge is 0.497 e. The van der Waals surface area contributed by atoms with Crippen molar-refractivity contribution in [3.8, 4) is 5.75 Å². The first-order valence-electron chi connectivity index (χ1n) is 11.9. The van der Waals surface area contributed by atoms with E-state index in [1.165, 1.54) is 11.6 Å². The van der Waals surface area contributed by atoms with Gasteiger partial charge >= 0.3 is 0 Å². The lowest BCUT2D eigenvalue weighted by Gasteiger charge is -2.49. The third kappa shape index (κ3) is 4.45. The summed E-state index contributed by atoms with van der Waals surface area (Å²) in [5.74, 6) is 0.423. The number of halogens is 1. The number of ether oxygens (including phenoxy) is 1. The lowest BCUT2D eigenvalue weighted by atomic mass is 9.83. The first kappa shape index (κ1) is 22.3. The minimum atomic E-state index is -0.224. The quantitative estimate of drug-likeness (QED) is 0.604. The van der Waals surface area contributed by atoms with Crippen LogP contribution in [-0.4, -0.2) is 45.2 Å². The van der Waals surface area contributed by atoms with E-state index < -0.39 is 0 Å². The average Bonchev–Trinajstić information content (AvgIpc) is 2.88. The van der Waals surface area contributed by atoms with Gasteiger partial charge in [-0.3, -0.25) is 4.79 Å². The summed E-state index contributed by atoms with van der Waals surface area (Å²) in [6.45, 7) is 2.59. The van der Waals surface area contributed by atoms with Crippen molar-refractivity contribution in [3.63, 3.8) is 0 Å². The van der Waals surface area contributed by atoms with E-state index in [-0.39, 0.29) is 23.7 Å². The topological polar surface area (TPSA) is 44.8 Å². The standard InChI is InChI=1S/C28H30FN3O2/c1-34-22-12-11-21-17-23(28(33)30-14-13-20-7-3-2-4-8-20)27-19-31(15-16-32(27)26(21)18-22)25-10-6-5-9-24(25)29/h2-12,18,23,27H,13-17,19H2,1H3,(H,30,33)/t23-,27+/m1/s1. The van der Waals surface area contributed by atoms with Crippen LogP contribution in [0.25, 0.3) is 0 Å². The molecule has 1 fully saturated rings. The maximum Gasteiger partial charge on any atom is 0.225 e. The number of carbonyl (C=O) groups excluding carboxylic acids is 1. The van der Waals surface area contributed by atoms with Crippen LogP contribution in [0.15, 0.2) is 72.8 Å². The van der Waals surface area contributed by atoms with Gasteiger partial charge in [0, 0.05) is 37.9 Å². The molecule has 0 spiro atoms. The Kier molecular flexibility index (Phi) is 6.39. The van der Waals surface area contributed by atoms with Crippen molar-refractivity contribution < 1.29 is 13.9 Å². The van der Waals surface area contributed by atoms with Gasteiger partial charge in [-0.1, -0.05) is 48.5 Å². The molecule has 176 valence electrons. The number of piperazine rings is 1. The van der Waals surface area contributed by atoms with E-state index in [2.05, 4.69) is 39.4 Å². The number of hydrogen-bond donors (Lipinski definition) is 1. The second kappa shape index (κ2) is 9.75. The number of hydrogen-bond acceptors (Lipinski definition) is 4. The zero-order valence-corrected chi connectivity index (χ0v) is 19.4. The zero-order valence-electron chi connectivity index (χ0n) is 19.4. The molecule has 0 bridgehead atoms. The number of fused-ring (bicyclic) bond motifs is 3.